The summed E-state index contributed by atoms with van der Waals surface area (Å²) in [5.41, 5.74) is 3.58. The molecule has 2 N–H and O–H groups in total. The molecule has 1 saturated heterocycles. The first-order chi connectivity index (χ1) is 15.2. The number of hydrogen-bond acceptors (Lipinski definition) is 3. The number of amides is 2. The second kappa shape index (κ2) is 8.73. The van der Waals surface area contributed by atoms with Crippen molar-refractivity contribution in [3.05, 3.63) is 76.9 Å². The predicted octanol–water partition coefficient (Wildman–Crippen LogP) is 4.98. The number of benzene rings is 2. The molecule has 2 aromatic carbocycles. The lowest BCUT2D eigenvalue weighted by Gasteiger charge is -2.36. The first-order valence-corrected chi connectivity index (χ1v) is 11.2. The number of carbonyl (C=O) groups is 1. The Morgan fingerprint density at radius 1 is 0.903 bits per heavy atom. The number of hydrogen-bond donors (Lipinski definition) is 2. The van der Waals surface area contributed by atoms with Crippen LogP contribution >= 0.6 is 11.6 Å². The van der Waals surface area contributed by atoms with Crippen LogP contribution in [0.2, 0.25) is 5.02 Å². The minimum Gasteiger partial charge on any atom is -0.306 e. The van der Waals surface area contributed by atoms with Gasteiger partial charge in [0, 0.05) is 25.2 Å². The molecule has 160 valence electrons. The molecule has 1 fully saturated rings. The molecular formula is C24H26ClN5O. The van der Waals surface area contributed by atoms with Crippen molar-refractivity contribution in [1.29, 1.82) is 0 Å². The minimum atomic E-state index is -0.323. The first-order valence-electron chi connectivity index (χ1n) is 10.8. The number of halogens is 1. The largest absolute Gasteiger partial charge is 0.324 e. The van der Waals surface area contributed by atoms with Crippen LogP contribution in [0.15, 0.2) is 60.8 Å². The summed E-state index contributed by atoms with van der Waals surface area (Å²) in [6.45, 7) is 2.10. The number of fused-ring (bicyclic) bond motifs is 1. The van der Waals surface area contributed by atoms with Crippen LogP contribution in [0.1, 0.15) is 30.0 Å². The van der Waals surface area contributed by atoms with E-state index in [1.165, 1.54) is 11.1 Å². The number of anilines is 2. The Morgan fingerprint density at radius 2 is 1.58 bits per heavy atom. The second-order valence-electron chi connectivity index (χ2n) is 8.32. The summed E-state index contributed by atoms with van der Waals surface area (Å²) in [5.74, 6) is 0.705. The molecule has 0 saturated carbocycles. The highest BCUT2D eigenvalue weighted by molar-refractivity contribution is 6.33. The number of para-hydroxylation sites is 1. The molecule has 0 spiro atoms. The van der Waals surface area contributed by atoms with Crippen molar-refractivity contribution in [1.82, 2.24) is 14.7 Å². The van der Waals surface area contributed by atoms with E-state index in [0.29, 0.717) is 22.6 Å². The van der Waals surface area contributed by atoms with Gasteiger partial charge in [-0.15, -0.1) is 0 Å². The van der Waals surface area contributed by atoms with Gasteiger partial charge in [0.25, 0.3) is 0 Å². The van der Waals surface area contributed by atoms with Crippen LogP contribution < -0.4 is 10.6 Å². The van der Waals surface area contributed by atoms with Crippen LogP contribution in [0.25, 0.3) is 0 Å². The van der Waals surface area contributed by atoms with E-state index in [0.717, 1.165) is 38.8 Å². The van der Waals surface area contributed by atoms with E-state index in [1.807, 2.05) is 22.9 Å². The molecule has 2 amide bonds. The number of rotatable bonds is 4. The quantitative estimate of drug-likeness (QED) is 0.607. The summed E-state index contributed by atoms with van der Waals surface area (Å²) >= 11 is 6.14. The zero-order chi connectivity index (χ0) is 21.2. The van der Waals surface area contributed by atoms with Gasteiger partial charge >= 0.3 is 6.03 Å². The van der Waals surface area contributed by atoms with E-state index in [-0.39, 0.29) is 12.1 Å². The predicted molar refractivity (Wildman–Crippen MR) is 124 cm³/mol. The van der Waals surface area contributed by atoms with Gasteiger partial charge in [-0.1, -0.05) is 48.0 Å². The van der Waals surface area contributed by atoms with Crippen molar-refractivity contribution < 1.29 is 4.79 Å². The molecule has 1 aromatic heterocycles. The van der Waals surface area contributed by atoms with Crippen LogP contribution in [0, 0.1) is 0 Å². The molecule has 6 nitrogen and oxygen atoms in total. The topological polar surface area (TPSA) is 62.2 Å². The fraction of sp³-hybridized carbons (Fsp3) is 0.333. The molecule has 1 aliphatic carbocycles. The molecule has 0 atom stereocenters. The summed E-state index contributed by atoms with van der Waals surface area (Å²) in [7, 11) is 0. The van der Waals surface area contributed by atoms with Crippen LogP contribution in [0.4, 0.5) is 16.3 Å². The number of nitrogens with one attached hydrogen (secondary N) is 2. The summed E-state index contributed by atoms with van der Waals surface area (Å²) in [6.07, 6.45) is 6.09. The Labute approximate surface area is 187 Å². The van der Waals surface area contributed by atoms with Gasteiger partial charge < -0.3 is 5.32 Å². The molecule has 7 heteroatoms. The fourth-order valence-corrected chi connectivity index (χ4v) is 5.01. The van der Waals surface area contributed by atoms with Gasteiger partial charge in [0.2, 0.25) is 0 Å². The second-order valence-corrected chi connectivity index (χ2v) is 8.73. The van der Waals surface area contributed by atoms with Crippen LogP contribution in [0.3, 0.4) is 0 Å². The number of carbonyl (C=O) groups excluding carboxylic acids is 1. The van der Waals surface area contributed by atoms with Gasteiger partial charge in [-0.3, -0.25) is 10.2 Å². The minimum absolute atomic E-state index is 0.283. The average molecular weight is 436 g/mol. The molecule has 3 aromatic rings. The van der Waals surface area contributed by atoms with Crippen molar-refractivity contribution in [3.8, 4) is 0 Å². The number of urea groups is 1. The standard InChI is InChI=1S/C24H26ClN5O/c25-21-7-3-4-8-22(21)27-24(31)28-23-9-12-26-30(23)19-10-13-29(14-11-19)20-15-17-5-1-2-6-18(17)16-20/h1-9,12,19-20H,10-11,13-16H2,(H2,27,28,31). The number of likely N-dealkylation sites (tertiary alicyclic amines) is 1. The van der Waals surface area contributed by atoms with E-state index in [9.17, 15) is 4.79 Å². The first kappa shape index (κ1) is 20.1. The third-order valence-corrected chi connectivity index (χ3v) is 6.75. The van der Waals surface area contributed by atoms with Crippen molar-refractivity contribution in [2.75, 3.05) is 23.7 Å². The zero-order valence-electron chi connectivity index (χ0n) is 17.3. The summed E-state index contributed by atoms with van der Waals surface area (Å²) in [6, 6.07) is 18.4. The van der Waals surface area contributed by atoms with E-state index in [4.69, 9.17) is 11.6 Å². The zero-order valence-corrected chi connectivity index (χ0v) is 18.1. The molecule has 2 aliphatic rings. The Balaban J connectivity index is 1.18. The van der Waals surface area contributed by atoms with Gasteiger partial charge in [-0.2, -0.15) is 5.10 Å². The Kier molecular flexibility index (Phi) is 5.66. The normalized spacial score (nSPS) is 17.5. The summed E-state index contributed by atoms with van der Waals surface area (Å²) in [5, 5.41) is 10.7. The molecular weight excluding hydrogens is 410 g/mol. The highest BCUT2D eigenvalue weighted by Crippen LogP contribution is 2.31. The highest BCUT2D eigenvalue weighted by atomic mass is 35.5. The molecule has 0 radical (unpaired) electrons. The lowest BCUT2D eigenvalue weighted by Crippen LogP contribution is -2.42. The molecule has 5 rings (SSSR count). The number of aromatic nitrogens is 2. The molecule has 0 unspecified atom stereocenters. The van der Waals surface area contributed by atoms with E-state index >= 15 is 0 Å². The van der Waals surface area contributed by atoms with Gasteiger partial charge in [-0.05, 0) is 48.9 Å². The monoisotopic (exact) mass is 435 g/mol. The average Bonchev–Trinajstić information content (AvgIpc) is 3.42. The molecule has 2 heterocycles. The van der Waals surface area contributed by atoms with Crippen LogP contribution in [0.5, 0.6) is 0 Å². The van der Waals surface area contributed by atoms with Crippen LogP contribution in [-0.4, -0.2) is 39.8 Å². The third-order valence-electron chi connectivity index (χ3n) is 6.42. The Bertz CT molecular complexity index is 1050. The summed E-state index contributed by atoms with van der Waals surface area (Å²) < 4.78 is 1.95. The molecule has 1 aliphatic heterocycles. The third kappa shape index (κ3) is 4.31. The lowest BCUT2D eigenvalue weighted by atomic mass is 10.0. The van der Waals surface area contributed by atoms with Crippen molar-refractivity contribution in [2.45, 2.75) is 37.8 Å². The maximum atomic E-state index is 12.5. The van der Waals surface area contributed by atoms with Crippen LogP contribution in [-0.2, 0) is 12.8 Å². The Hall–Kier alpha value is -2.83. The number of piperidine rings is 1. The molecule has 0 bridgehead atoms. The van der Waals surface area contributed by atoms with Crippen molar-refractivity contribution in [3.63, 3.8) is 0 Å². The Morgan fingerprint density at radius 3 is 2.29 bits per heavy atom. The summed E-state index contributed by atoms with van der Waals surface area (Å²) in [4.78, 5) is 15.1. The van der Waals surface area contributed by atoms with Gasteiger partial charge in [0.05, 0.1) is 22.9 Å². The fourth-order valence-electron chi connectivity index (χ4n) is 4.83. The SMILES string of the molecule is O=C(Nc1ccccc1Cl)Nc1ccnn1C1CCN(C2Cc3ccccc3C2)CC1. The highest BCUT2D eigenvalue weighted by Gasteiger charge is 2.31. The maximum absolute atomic E-state index is 12.5. The lowest BCUT2D eigenvalue weighted by molar-refractivity contribution is 0.135. The van der Waals surface area contributed by atoms with Gasteiger partial charge in [0.15, 0.2) is 0 Å². The van der Waals surface area contributed by atoms with Gasteiger partial charge in [-0.25, -0.2) is 9.48 Å². The van der Waals surface area contributed by atoms with Gasteiger partial charge in [0.1, 0.15) is 5.82 Å². The number of nitrogens with zero attached hydrogens (tertiary/aromatic N) is 3. The van der Waals surface area contributed by atoms with Crippen molar-refractivity contribution >= 4 is 29.1 Å². The van der Waals surface area contributed by atoms with E-state index in [2.05, 4.69) is 44.9 Å². The molecule has 31 heavy (non-hydrogen) atoms. The van der Waals surface area contributed by atoms with E-state index < -0.39 is 0 Å². The van der Waals surface area contributed by atoms with Crippen molar-refractivity contribution in [2.24, 2.45) is 0 Å². The smallest absolute Gasteiger partial charge is 0.306 e. The van der Waals surface area contributed by atoms with E-state index in [1.54, 1.807) is 18.3 Å². The maximum Gasteiger partial charge on any atom is 0.324 e.